The van der Waals surface area contributed by atoms with Gasteiger partial charge in [-0.1, -0.05) is 23.7 Å². The van der Waals surface area contributed by atoms with Gasteiger partial charge < -0.3 is 10.2 Å². The molecule has 1 heterocycles. The molecule has 31 heavy (non-hydrogen) atoms. The van der Waals surface area contributed by atoms with Gasteiger partial charge in [-0.3, -0.25) is 4.79 Å². The molecule has 1 atom stereocenters. The number of hydrogen-bond donors (Lipinski definition) is 1. The van der Waals surface area contributed by atoms with Crippen molar-refractivity contribution in [2.45, 2.75) is 24.8 Å². The maximum Gasteiger partial charge on any atom is 0.416 e. The molecule has 1 aliphatic heterocycles. The topological polar surface area (TPSA) is 32.3 Å². The van der Waals surface area contributed by atoms with E-state index in [2.05, 4.69) is 5.32 Å². The van der Waals surface area contributed by atoms with Crippen LogP contribution in [-0.4, -0.2) is 36.5 Å². The lowest BCUT2D eigenvalue weighted by molar-refractivity contribution is -0.143. The Hall–Kier alpha value is -1.97. The van der Waals surface area contributed by atoms with E-state index in [9.17, 15) is 31.1 Å². The summed E-state index contributed by atoms with van der Waals surface area (Å²) in [6, 6.07) is 7.37. The number of alkyl halides is 6. The summed E-state index contributed by atoms with van der Waals surface area (Å²) in [4.78, 5) is 14.3. The lowest BCUT2D eigenvalue weighted by Crippen LogP contribution is -2.54. The van der Waals surface area contributed by atoms with E-state index < -0.39 is 41.0 Å². The Morgan fingerprint density at radius 1 is 1.00 bits per heavy atom. The van der Waals surface area contributed by atoms with Crippen molar-refractivity contribution in [2.24, 2.45) is 0 Å². The molecular weight excluding hydrogens is 469 g/mol. The number of amides is 1. The van der Waals surface area contributed by atoms with E-state index in [1.807, 2.05) is 0 Å². The van der Waals surface area contributed by atoms with Gasteiger partial charge in [0.1, 0.15) is 0 Å². The molecule has 0 aromatic heterocycles. The second kappa shape index (κ2) is 9.67. The number of nitrogens with zero attached hydrogens (tertiary/aromatic N) is 1. The number of rotatable bonds is 3. The Morgan fingerprint density at radius 3 is 2.06 bits per heavy atom. The van der Waals surface area contributed by atoms with Crippen molar-refractivity contribution >= 4 is 29.9 Å². The van der Waals surface area contributed by atoms with Crippen molar-refractivity contribution in [1.82, 2.24) is 10.2 Å². The van der Waals surface area contributed by atoms with Crippen LogP contribution in [0.5, 0.6) is 0 Å². The van der Waals surface area contributed by atoms with Crippen molar-refractivity contribution in [3.8, 4) is 0 Å². The van der Waals surface area contributed by atoms with Crippen LogP contribution in [0.25, 0.3) is 0 Å². The SMILES string of the molecule is Cl.O=C(c1cc(C(F)(F)F)cc(C(F)(F)F)c1)N1CCNCC1Cc1ccc(Cl)cc1. The van der Waals surface area contributed by atoms with Gasteiger partial charge >= 0.3 is 12.4 Å². The van der Waals surface area contributed by atoms with E-state index in [0.717, 1.165) is 5.56 Å². The average molecular weight is 487 g/mol. The molecule has 170 valence electrons. The molecule has 3 nitrogen and oxygen atoms in total. The van der Waals surface area contributed by atoms with Gasteiger partial charge in [0, 0.05) is 36.3 Å². The van der Waals surface area contributed by atoms with Crippen molar-refractivity contribution in [2.75, 3.05) is 19.6 Å². The van der Waals surface area contributed by atoms with Crippen LogP contribution in [-0.2, 0) is 18.8 Å². The molecule has 1 unspecified atom stereocenters. The molecule has 0 bridgehead atoms. The Morgan fingerprint density at radius 2 is 1.55 bits per heavy atom. The van der Waals surface area contributed by atoms with E-state index in [1.165, 1.54) is 4.90 Å². The summed E-state index contributed by atoms with van der Waals surface area (Å²) in [5, 5.41) is 3.62. The van der Waals surface area contributed by atoms with Gasteiger partial charge in [-0.05, 0) is 42.3 Å². The van der Waals surface area contributed by atoms with E-state index in [-0.39, 0.29) is 25.0 Å². The summed E-state index contributed by atoms with van der Waals surface area (Å²) in [6.07, 6.45) is -9.65. The Kier molecular flexibility index (Phi) is 7.89. The van der Waals surface area contributed by atoms with Crippen LogP contribution < -0.4 is 5.32 Å². The van der Waals surface area contributed by atoms with Crippen LogP contribution in [0.1, 0.15) is 27.0 Å². The maximum atomic E-state index is 13.1. The maximum absolute atomic E-state index is 13.1. The minimum atomic E-state index is -5.01. The molecule has 1 amide bonds. The molecule has 2 aromatic carbocycles. The summed E-state index contributed by atoms with van der Waals surface area (Å²) in [6.45, 7) is 0.905. The van der Waals surface area contributed by atoms with Gasteiger partial charge in [0.05, 0.1) is 11.1 Å². The first kappa shape index (κ1) is 25.3. The number of carbonyl (C=O) groups excluding carboxylic acids is 1. The minimum Gasteiger partial charge on any atom is -0.333 e. The van der Waals surface area contributed by atoms with Gasteiger partial charge in [-0.2, -0.15) is 26.3 Å². The summed E-state index contributed by atoms with van der Waals surface area (Å²) in [5.74, 6) is -0.868. The van der Waals surface area contributed by atoms with E-state index in [4.69, 9.17) is 11.6 Å². The van der Waals surface area contributed by atoms with Gasteiger partial charge in [-0.15, -0.1) is 12.4 Å². The highest BCUT2D eigenvalue weighted by Gasteiger charge is 2.38. The number of benzene rings is 2. The largest absolute Gasteiger partial charge is 0.416 e. The third-order valence-corrected chi connectivity index (χ3v) is 5.08. The standard InChI is InChI=1S/C20H17ClF6N2O.ClH/c21-16-3-1-12(2-4-16)7-17-11-28-5-6-29(17)18(30)13-8-14(19(22,23)24)10-15(9-13)20(25,26)27;/h1-4,8-10,17,28H,5-7,11H2;1H. The zero-order valence-electron chi connectivity index (χ0n) is 15.9. The lowest BCUT2D eigenvalue weighted by Gasteiger charge is -2.36. The molecule has 2 aromatic rings. The minimum absolute atomic E-state index is 0. The van der Waals surface area contributed by atoms with Crippen molar-refractivity contribution in [3.63, 3.8) is 0 Å². The summed E-state index contributed by atoms with van der Waals surface area (Å²) < 4.78 is 78.8. The fraction of sp³-hybridized carbons (Fsp3) is 0.350. The first-order valence-corrected chi connectivity index (χ1v) is 9.38. The predicted octanol–water partition coefficient (Wildman–Crippen LogP) is 5.46. The third kappa shape index (κ3) is 6.27. The molecule has 1 saturated heterocycles. The second-order valence-electron chi connectivity index (χ2n) is 6.98. The predicted molar refractivity (Wildman–Crippen MR) is 107 cm³/mol. The number of halogens is 8. The highest BCUT2D eigenvalue weighted by molar-refractivity contribution is 6.30. The Bertz CT molecular complexity index is 883. The van der Waals surface area contributed by atoms with Gasteiger partial charge in [0.2, 0.25) is 0 Å². The van der Waals surface area contributed by atoms with Gasteiger partial charge in [0.25, 0.3) is 5.91 Å². The molecular formula is C20H18Cl2F6N2O. The molecule has 3 rings (SSSR count). The highest BCUT2D eigenvalue weighted by atomic mass is 35.5. The molecule has 0 radical (unpaired) electrons. The van der Waals surface area contributed by atoms with E-state index >= 15 is 0 Å². The summed E-state index contributed by atoms with van der Waals surface area (Å²) in [5.41, 5.74) is -2.82. The first-order valence-electron chi connectivity index (χ1n) is 9.01. The van der Waals surface area contributed by atoms with Gasteiger partial charge in [-0.25, -0.2) is 0 Å². The van der Waals surface area contributed by atoms with Crippen molar-refractivity contribution in [1.29, 1.82) is 0 Å². The zero-order chi connectivity index (χ0) is 22.1. The molecule has 11 heteroatoms. The van der Waals surface area contributed by atoms with E-state index in [0.29, 0.717) is 36.7 Å². The van der Waals surface area contributed by atoms with Crippen molar-refractivity contribution in [3.05, 3.63) is 69.7 Å². The van der Waals surface area contributed by atoms with E-state index in [1.54, 1.807) is 24.3 Å². The highest BCUT2D eigenvalue weighted by Crippen LogP contribution is 2.36. The lowest BCUT2D eigenvalue weighted by atomic mass is 10.00. The second-order valence-corrected chi connectivity index (χ2v) is 7.42. The van der Waals surface area contributed by atoms with Crippen LogP contribution in [0.4, 0.5) is 26.3 Å². The molecule has 1 fully saturated rings. The normalized spacial score (nSPS) is 17.3. The number of carbonyl (C=O) groups is 1. The molecule has 0 saturated carbocycles. The van der Waals surface area contributed by atoms with Crippen LogP contribution in [0.2, 0.25) is 5.02 Å². The quantitative estimate of drug-likeness (QED) is 0.584. The van der Waals surface area contributed by atoms with Crippen LogP contribution in [0, 0.1) is 0 Å². The fourth-order valence-electron chi connectivity index (χ4n) is 3.35. The number of nitrogens with one attached hydrogen (secondary N) is 1. The fourth-order valence-corrected chi connectivity index (χ4v) is 3.47. The monoisotopic (exact) mass is 486 g/mol. The number of hydrogen-bond acceptors (Lipinski definition) is 2. The first-order chi connectivity index (χ1) is 13.9. The van der Waals surface area contributed by atoms with Crippen LogP contribution in [0.3, 0.4) is 0 Å². The Balaban J connectivity index is 0.00000341. The van der Waals surface area contributed by atoms with Crippen LogP contribution in [0.15, 0.2) is 42.5 Å². The summed E-state index contributed by atoms with van der Waals surface area (Å²) in [7, 11) is 0. The van der Waals surface area contributed by atoms with Crippen molar-refractivity contribution < 1.29 is 31.1 Å². The van der Waals surface area contributed by atoms with Crippen LogP contribution >= 0.6 is 24.0 Å². The molecule has 1 aliphatic rings. The number of piperazine rings is 1. The Labute approximate surface area is 185 Å². The zero-order valence-corrected chi connectivity index (χ0v) is 17.4. The molecule has 1 N–H and O–H groups in total. The third-order valence-electron chi connectivity index (χ3n) is 4.83. The molecule has 0 aliphatic carbocycles. The summed E-state index contributed by atoms with van der Waals surface area (Å²) >= 11 is 5.86. The molecule has 0 spiro atoms. The smallest absolute Gasteiger partial charge is 0.333 e. The van der Waals surface area contributed by atoms with Gasteiger partial charge in [0.15, 0.2) is 0 Å². The average Bonchev–Trinajstić information content (AvgIpc) is 2.68.